The molecule has 1 aromatic heterocycles. The molecule has 0 radical (unpaired) electrons. The lowest BCUT2D eigenvalue weighted by Gasteiger charge is -2.10. The van der Waals surface area contributed by atoms with E-state index in [4.69, 9.17) is 9.72 Å². The second kappa shape index (κ2) is 6.24. The van der Waals surface area contributed by atoms with E-state index in [0.717, 1.165) is 33.9 Å². The van der Waals surface area contributed by atoms with Crippen LogP contribution < -0.4 is 10.1 Å². The molecule has 0 amide bonds. The lowest BCUT2D eigenvalue weighted by atomic mass is 10.0. The third kappa shape index (κ3) is 2.77. The molecule has 0 aliphatic heterocycles. The zero-order chi connectivity index (χ0) is 14.7. The third-order valence-electron chi connectivity index (χ3n) is 3.34. The van der Waals surface area contributed by atoms with Crippen molar-refractivity contribution < 1.29 is 4.74 Å². The minimum absolute atomic E-state index is 0.673. The van der Waals surface area contributed by atoms with Crippen molar-refractivity contribution in [3.05, 3.63) is 46.8 Å². The van der Waals surface area contributed by atoms with Crippen LogP contribution in [-0.4, -0.2) is 18.6 Å². The van der Waals surface area contributed by atoms with Gasteiger partial charge < -0.3 is 10.1 Å². The molecule has 3 rings (SSSR count). The number of nitrogens with one attached hydrogen (secondary N) is 1. The smallest absolute Gasteiger partial charge is 0.127 e. The molecular formula is C17H18N2OS. The number of ether oxygens (including phenoxy) is 1. The molecule has 2 aromatic carbocycles. The molecule has 21 heavy (non-hydrogen) atoms. The van der Waals surface area contributed by atoms with Gasteiger partial charge in [0.25, 0.3) is 0 Å². The topological polar surface area (TPSA) is 34.1 Å². The Bertz CT molecular complexity index is 751. The normalized spacial score (nSPS) is 11.0. The van der Waals surface area contributed by atoms with E-state index in [-0.39, 0.29) is 0 Å². The number of aromatic nitrogens is 1. The molecule has 0 spiro atoms. The van der Waals surface area contributed by atoms with E-state index >= 15 is 0 Å². The molecule has 0 fully saturated rings. The van der Waals surface area contributed by atoms with Gasteiger partial charge in [0.05, 0.1) is 12.3 Å². The Morgan fingerprint density at radius 3 is 2.71 bits per heavy atom. The number of thiazole rings is 1. The standard InChI is InChI=1S/C17H18N2OS/c1-3-20-16-9-8-13(12-6-4-5-7-14(12)16)15-11-21-17(19-15)10-18-2/h4-9,11,18H,3,10H2,1-2H3. The average molecular weight is 298 g/mol. The number of rotatable bonds is 5. The zero-order valence-corrected chi connectivity index (χ0v) is 13.0. The highest BCUT2D eigenvalue weighted by atomic mass is 32.1. The average Bonchev–Trinajstić information content (AvgIpc) is 2.97. The lowest BCUT2D eigenvalue weighted by molar-refractivity contribution is 0.344. The molecule has 0 saturated heterocycles. The first-order valence-corrected chi connectivity index (χ1v) is 7.95. The predicted octanol–water partition coefficient (Wildman–Crippen LogP) is 4.08. The van der Waals surface area contributed by atoms with E-state index in [1.54, 1.807) is 11.3 Å². The second-order valence-electron chi connectivity index (χ2n) is 4.75. The highest BCUT2D eigenvalue weighted by molar-refractivity contribution is 7.09. The van der Waals surface area contributed by atoms with Crippen molar-refractivity contribution in [3.63, 3.8) is 0 Å². The van der Waals surface area contributed by atoms with E-state index in [1.165, 1.54) is 5.39 Å². The van der Waals surface area contributed by atoms with Crippen molar-refractivity contribution in [3.8, 4) is 17.0 Å². The molecule has 1 N–H and O–H groups in total. The Hall–Kier alpha value is -1.91. The number of benzene rings is 2. The number of hydrogen-bond acceptors (Lipinski definition) is 4. The van der Waals surface area contributed by atoms with Crippen molar-refractivity contribution >= 4 is 22.1 Å². The first-order chi connectivity index (χ1) is 10.3. The molecule has 0 bridgehead atoms. The molecule has 3 nitrogen and oxygen atoms in total. The summed E-state index contributed by atoms with van der Waals surface area (Å²) in [7, 11) is 1.94. The van der Waals surface area contributed by atoms with Gasteiger partial charge in [0.2, 0.25) is 0 Å². The van der Waals surface area contributed by atoms with Crippen LogP contribution in [0.4, 0.5) is 0 Å². The van der Waals surface area contributed by atoms with Crippen LogP contribution in [-0.2, 0) is 6.54 Å². The molecule has 0 aliphatic rings. The van der Waals surface area contributed by atoms with Gasteiger partial charge in [-0.25, -0.2) is 4.98 Å². The third-order valence-corrected chi connectivity index (χ3v) is 4.19. The fourth-order valence-corrected chi connectivity index (χ4v) is 3.25. The molecule has 108 valence electrons. The maximum atomic E-state index is 5.73. The van der Waals surface area contributed by atoms with Crippen molar-refractivity contribution in [1.29, 1.82) is 0 Å². The Kier molecular flexibility index (Phi) is 4.18. The molecule has 0 aliphatic carbocycles. The summed E-state index contributed by atoms with van der Waals surface area (Å²) in [6.07, 6.45) is 0. The zero-order valence-electron chi connectivity index (χ0n) is 12.2. The maximum absolute atomic E-state index is 5.73. The highest BCUT2D eigenvalue weighted by Gasteiger charge is 2.11. The van der Waals surface area contributed by atoms with Crippen LogP contribution in [0.2, 0.25) is 0 Å². The summed E-state index contributed by atoms with van der Waals surface area (Å²) in [4.78, 5) is 4.71. The molecule has 0 atom stereocenters. The van der Waals surface area contributed by atoms with Crippen LogP contribution in [0.5, 0.6) is 5.75 Å². The molecule has 1 heterocycles. The van der Waals surface area contributed by atoms with Gasteiger partial charge in [0.1, 0.15) is 10.8 Å². The Balaban J connectivity index is 2.12. The van der Waals surface area contributed by atoms with Gasteiger partial charge in [-0.1, -0.05) is 24.3 Å². The quantitative estimate of drug-likeness (QED) is 0.770. The highest BCUT2D eigenvalue weighted by Crippen LogP contribution is 2.34. The van der Waals surface area contributed by atoms with Gasteiger partial charge in [-0.05, 0) is 31.5 Å². The van der Waals surface area contributed by atoms with Gasteiger partial charge >= 0.3 is 0 Å². The lowest BCUT2D eigenvalue weighted by Crippen LogP contribution is -2.04. The van der Waals surface area contributed by atoms with Crippen molar-refractivity contribution in [2.45, 2.75) is 13.5 Å². The van der Waals surface area contributed by atoms with Gasteiger partial charge in [-0.3, -0.25) is 0 Å². The Labute approximate surface area is 128 Å². The minimum atomic E-state index is 0.673. The van der Waals surface area contributed by atoms with Crippen LogP contribution in [0.25, 0.3) is 22.0 Å². The summed E-state index contributed by atoms with van der Waals surface area (Å²) < 4.78 is 5.73. The minimum Gasteiger partial charge on any atom is -0.493 e. The largest absolute Gasteiger partial charge is 0.493 e. The summed E-state index contributed by atoms with van der Waals surface area (Å²) in [6, 6.07) is 12.5. The van der Waals surface area contributed by atoms with Gasteiger partial charge in [0.15, 0.2) is 0 Å². The van der Waals surface area contributed by atoms with Crippen LogP contribution in [0.1, 0.15) is 11.9 Å². The van der Waals surface area contributed by atoms with E-state index in [2.05, 4.69) is 35.0 Å². The number of fused-ring (bicyclic) bond motifs is 1. The second-order valence-corrected chi connectivity index (χ2v) is 5.69. The van der Waals surface area contributed by atoms with Gasteiger partial charge in [0, 0.05) is 22.9 Å². The maximum Gasteiger partial charge on any atom is 0.127 e. The van der Waals surface area contributed by atoms with Gasteiger partial charge in [-0.15, -0.1) is 11.3 Å². The molecule has 4 heteroatoms. The molecule has 0 unspecified atom stereocenters. The SMILES string of the molecule is CCOc1ccc(-c2csc(CNC)n2)c2ccccc12. The van der Waals surface area contributed by atoms with Crippen LogP contribution >= 0.6 is 11.3 Å². The van der Waals surface area contributed by atoms with E-state index in [0.29, 0.717) is 6.61 Å². The predicted molar refractivity (Wildman–Crippen MR) is 89.0 cm³/mol. The van der Waals surface area contributed by atoms with E-state index in [9.17, 15) is 0 Å². The fraction of sp³-hybridized carbons (Fsp3) is 0.235. The Morgan fingerprint density at radius 1 is 1.14 bits per heavy atom. The van der Waals surface area contributed by atoms with Crippen LogP contribution in [0.3, 0.4) is 0 Å². The summed E-state index contributed by atoms with van der Waals surface area (Å²) in [5, 5.41) is 8.69. The summed E-state index contributed by atoms with van der Waals surface area (Å²) in [6.45, 7) is 3.49. The number of hydrogen-bond donors (Lipinski definition) is 1. The van der Waals surface area contributed by atoms with Crippen LogP contribution in [0.15, 0.2) is 41.8 Å². The molecule has 3 aromatic rings. The Morgan fingerprint density at radius 2 is 1.95 bits per heavy atom. The van der Waals surface area contributed by atoms with Gasteiger partial charge in [-0.2, -0.15) is 0 Å². The first-order valence-electron chi connectivity index (χ1n) is 7.07. The summed E-state index contributed by atoms with van der Waals surface area (Å²) in [5.74, 6) is 0.933. The molecular weight excluding hydrogens is 280 g/mol. The summed E-state index contributed by atoms with van der Waals surface area (Å²) in [5.41, 5.74) is 2.19. The van der Waals surface area contributed by atoms with Crippen molar-refractivity contribution in [2.75, 3.05) is 13.7 Å². The fourth-order valence-electron chi connectivity index (χ4n) is 2.44. The number of nitrogens with zero attached hydrogens (tertiary/aromatic N) is 1. The van der Waals surface area contributed by atoms with Crippen LogP contribution in [0, 0.1) is 0 Å². The first kappa shape index (κ1) is 14.0. The monoisotopic (exact) mass is 298 g/mol. The molecule has 0 saturated carbocycles. The van der Waals surface area contributed by atoms with Crippen molar-refractivity contribution in [1.82, 2.24) is 10.3 Å². The van der Waals surface area contributed by atoms with Crippen molar-refractivity contribution in [2.24, 2.45) is 0 Å². The van der Waals surface area contributed by atoms with E-state index < -0.39 is 0 Å². The van der Waals surface area contributed by atoms with E-state index in [1.807, 2.05) is 26.1 Å². The summed E-state index contributed by atoms with van der Waals surface area (Å²) >= 11 is 1.69.